The zero-order valence-electron chi connectivity index (χ0n) is 8.02. The van der Waals surface area contributed by atoms with Crippen LogP contribution in [0.1, 0.15) is 12.2 Å². The molecule has 2 aromatic heterocycles. The third-order valence-corrected chi connectivity index (χ3v) is 2.89. The molecule has 0 aliphatic heterocycles. The van der Waals surface area contributed by atoms with Crippen LogP contribution in [-0.4, -0.2) is 25.4 Å². The van der Waals surface area contributed by atoms with E-state index in [9.17, 15) is 4.79 Å². The minimum absolute atomic E-state index is 0.0512. The molecule has 2 aromatic rings. The van der Waals surface area contributed by atoms with Crippen LogP contribution in [0.3, 0.4) is 0 Å². The van der Waals surface area contributed by atoms with Gasteiger partial charge in [-0.15, -0.1) is 0 Å². The van der Waals surface area contributed by atoms with Gasteiger partial charge in [0, 0.05) is 12.6 Å². The predicted molar refractivity (Wildman–Crippen MR) is 66.7 cm³/mol. The second-order valence-corrected chi connectivity index (χ2v) is 4.64. The van der Waals surface area contributed by atoms with Gasteiger partial charge in [-0.1, -0.05) is 11.6 Å². The lowest BCUT2D eigenvalue weighted by Crippen LogP contribution is -2.02. The van der Waals surface area contributed by atoms with Gasteiger partial charge < -0.3 is 5.11 Å². The van der Waals surface area contributed by atoms with Crippen LogP contribution < -0.4 is 0 Å². The van der Waals surface area contributed by atoms with E-state index >= 15 is 0 Å². The Morgan fingerprint density at radius 2 is 2.38 bits per heavy atom. The first-order valence-electron chi connectivity index (χ1n) is 4.47. The Kier molecular flexibility index (Phi) is 3.29. The van der Waals surface area contributed by atoms with E-state index in [4.69, 9.17) is 16.7 Å². The van der Waals surface area contributed by atoms with Gasteiger partial charge in [-0.3, -0.25) is 9.20 Å². The van der Waals surface area contributed by atoms with Crippen molar-refractivity contribution in [3.05, 3.63) is 27.1 Å². The van der Waals surface area contributed by atoms with E-state index in [0.29, 0.717) is 22.9 Å². The fourth-order valence-corrected chi connectivity index (χ4v) is 2.28. The van der Waals surface area contributed by atoms with Gasteiger partial charge in [0.15, 0.2) is 5.15 Å². The molecule has 0 radical (unpaired) electrons. The first-order valence-corrected chi connectivity index (χ1v) is 5.93. The van der Waals surface area contributed by atoms with Crippen molar-refractivity contribution in [1.29, 1.82) is 0 Å². The molecule has 7 heteroatoms. The molecule has 0 aliphatic rings. The second-order valence-electron chi connectivity index (χ2n) is 3.18. The number of hydrogen-bond donors (Lipinski definition) is 1. The molecule has 0 saturated heterocycles. The standard InChI is InChI=1S/C9H7ClIN3O2/c10-9-5-3-12-7(1-2-8(15)16)14(5)4-6(11)13-9/h3-4H,1-2H2,(H,15,16). The Bertz CT molecular complexity index is 555. The van der Waals surface area contributed by atoms with Crippen molar-refractivity contribution in [3.63, 3.8) is 0 Å². The fraction of sp³-hybridized carbons (Fsp3) is 0.222. The van der Waals surface area contributed by atoms with Crippen LogP contribution in [0, 0.1) is 3.70 Å². The maximum atomic E-state index is 10.5. The zero-order chi connectivity index (χ0) is 11.7. The van der Waals surface area contributed by atoms with Gasteiger partial charge in [0.1, 0.15) is 15.0 Å². The van der Waals surface area contributed by atoms with E-state index in [1.165, 1.54) is 0 Å². The summed E-state index contributed by atoms with van der Waals surface area (Å²) in [6, 6.07) is 0. The SMILES string of the molecule is O=C(O)CCc1ncc2c(Cl)nc(I)cn12. The number of carbonyl (C=O) groups is 1. The van der Waals surface area contributed by atoms with Gasteiger partial charge in [0.25, 0.3) is 0 Å². The molecule has 84 valence electrons. The summed E-state index contributed by atoms with van der Waals surface area (Å²) in [7, 11) is 0. The lowest BCUT2D eigenvalue weighted by molar-refractivity contribution is -0.137. The van der Waals surface area contributed by atoms with E-state index in [-0.39, 0.29) is 6.42 Å². The van der Waals surface area contributed by atoms with Crippen LogP contribution in [0.25, 0.3) is 5.52 Å². The van der Waals surface area contributed by atoms with Gasteiger partial charge in [-0.05, 0) is 22.6 Å². The van der Waals surface area contributed by atoms with Gasteiger partial charge in [0.05, 0.1) is 12.6 Å². The quantitative estimate of drug-likeness (QED) is 0.859. The summed E-state index contributed by atoms with van der Waals surface area (Å²) in [5, 5.41) is 8.99. The number of nitrogens with zero attached hydrogens (tertiary/aromatic N) is 3. The lowest BCUT2D eigenvalue weighted by atomic mass is 10.3. The first-order chi connectivity index (χ1) is 7.58. The largest absolute Gasteiger partial charge is 0.481 e. The first kappa shape index (κ1) is 11.6. The van der Waals surface area contributed by atoms with Crippen molar-refractivity contribution in [1.82, 2.24) is 14.4 Å². The third-order valence-electron chi connectivity index (χ3n) is 2.09. The van der Waals surface area contributed by atoms with E-state index in [0.717, 1.165) is 3.70 Å². The topological polar surface area (TPSA) is 67.5 Å². The van der Waals surface area contributed by atoms with Crippen molar-refractivity contribution < 1.29 is 9.90 Å². The van der Waals surface area contributed by atoms with Crippen LogP contribution in [0.5, 0.6) is 0 Å². The van der Waals surface area contributed by atoms with E-state index in [1.54, 1.807) is 16.8 Å². The number of aryl methyl sites for hydroxylation is 1. The molecule has 2 heterocycles. The van der Waals surface area contributed by atoms with Crippen molar-refractivity contribution in [3.8, 4) is 0 Å². The summed E-state index contributed by atoms with van der Waals surface area (Å²) in [6.07, 6.45) is 3.81. The van der Waals surface area contributed by atoms with Crippen LogP contribution in [0.2, 0.25) is 5.15 Å². The fourth-order valence-electron chi connectivity index (χ4n) is 1.39. The Hall–Kier alpha value is -0.890. The summed E-state index contributed by atoms with van der Waals surface area (Å²) in [5.74, 6) is -0.161. The molecule has 2 rings (SSSR count). The highest BCUT2D eigenvalue weighted by molar-refractivity contribution is 14.1. The Morgan fingerprint density at radius 1 is 1.62 bits per heavy atom. The molecule has 0 atom stereocenters. The molecule has 0 aliphatic carbocycles. The Balaban J connectivity index is 2.43. The Morgan fingerprint density at radius 3 is 3.06 bits per heavy atom. The number of fused-ring (bicyclic) bond motifs is 1. The Labute approximate surface area is 110 Å². The minimum Gasteiger partial charge on any atom is -0.481 e. The number of aliphatic carboxylic acids is 1. The highest BCUT2D eigenvalue weighted by atomic mass is 127. The molecule has 0 fully saturated rings. The lowest BCUT2D eigenvalue weighted by Gasteiger charge is -2.01. The van der Waals surface area contributed by atoms with E-state index in [1.807, 2.05) is 22.6 Å². The minimum atomic E-state index is -0.841. The molecule has 0 bridgehead atoms. The number of carboxylic acids is 1. The summed E-state index contributed by atoms with van der Waals surface area (Å²) in [6.45, 7) is 0. The molecule has 5 nitrogen and oxygen atoms in total. The second kappa shape index (κ2) is 4.54. The van der Waals surface area contributed by atoms with Crippen molar-refractivity contribution >= 4 is 45.7 Å². The van der Waals surface area contributed by atoms with Gasteiger partial charge in [-0.25, -0.2) is 9.97 Å². The van der Waals surface area contributed by atoms with E-state index in [2.05, 4.69) is 9.97 Å². The van der Waals surface area contributed by atoms with Gasteiger partial charge in [-0.2, -0.15) is 0 Å². The summed E-state index contributed by atoms with van der Waals surface area (Å²) in [5.41, 5.74) is 0.697. The summed E-state index contributed by atoms with van der Waals surface area (Å²) < 4.78 is 2.52. The summed E-state index contributed by atoms with van der Waals surface area (Å²) in [4.78, 5) is 18.7. The van der Waals surface area contributed by atoms with Gasteiger partial charge in [0.2, 0.25) is 0 Å². The van der Waals surface area contributed by atoms with Crippen LogP contribution in [0.15, 0.2) is 12.4 Å². The predicted octanol–water partition coefficient (Wildman–Crippen LogP) is 2.00. The number of halogens is 2. The molecule has 16 heavy (non-hydrogen) atoms. The average Bonchev–Trinajstić information content (AvgIpc) is 2.58. The normalized spacial score (nSPS) is 10.9. The highest BCUT2D eigenvalue weighted by Crippen LogP contribution is 2.18. The zero-order valence-corrected chi connectivity index (χ0v) is 10.9. The molecular formula is C9H7ClIN3O2. The number of hydrogen-bond acceptors (Lipinski definition) is 3. The average molecular weight is 352 g/mol. The monoisotopic (exact) mass is 351 g/mol. The molecule has 0 amide bonds. The van der Waals surface area contributed by atoms with Crippen molar-refractivity contribution in [2.75, 3.05) is 0 Å². The molecule has 0 spiro atoms. The molecule has 0 aromatic carbocycles. The van der Waals surface area contributed by atoms with Crippen LogP contribution in [0.4, 0.5) is 0 Å². The summed E-state index contributed by atoms with van der Waals surface area (Å²) >= 11 is 7.99. The van der Waals surface area contributed by atoms with E-state index < -0.39 is 5.97 Å². The molecule has 1 N–H and O–H groups in total. The molecule has 0 unspecified atom stereocenters. The third kappa shape index (κ3) is 2.27. The smallest absolute Gasteiger partial charge is 0.303 e. The number of aromatic nitrogens is 3. The molecule has 0 saturated carbocycles. The maximum Gasteiger partial charge on any atom is 0.303 e. The van der Waals surface area contributed by atoms with Gasteiger partial charge >= 0.3 is 5.97 Å². The number of imidazole rings is 1. The molecular weight excluding hydrogens is 344 g/mol. The number of carboxylic acid groups (broad SMARTS) is 1. The van der Waals surface area contributed by atoms with Crippen molar-refractivity contribution in [2.24, 2.45) is 0 Å². The van der Waals surface area contributed by atoms with Crippen LogP contribution >= 0.6 is 34.2 Å². The number of rotatable bonds is 3. The highest BCUT2D eigenvalue weighted by Gasteiger charge is 2.09. The van der Waals surface area contributed by atoms with Crippen LogP contribution in [-0.2, 0) is 11.2 Å². The maximum absolute atomic E-state index is 10.5. The van der Waals surface area contributed by atoms with Crippen molar-refractivity contribution in [2.45, 2.75) is 12.8 Å².